The Balaban J connectivity index is 3.14. The van der Waals surface area contributed by atoms with Crippen LogP contribution in [0.4, 0.5) is 0 Å². The molecule has 0 spiro atoms. The molecule has 0 atom stereocenters. The molecule has 0 fully saturated rings. The van der Waals surface area contributed by atoms with Crippen molar-refractivity contribution in [2.45, 2.75) is 19.3 Å². The second-order valence-corrected chi connectivity index (χ2v) is 3.92. The Morgan fingerprint density at radius 2 is 2.25 bits per heavy atom. The van der Waals surface area contributed by atoms with Gasteiger partial charge in [-0.2, -0.15) is 5.26 Å². The molecule has 0 amide bonds. The number of hydrogen-bond donors (Lipinski definition) is 0. The Kier molecular flexibility index (Phi) is 2.49. The highest BCUT2D eigenvalue weighted by Gasteiger charge is 2.19. The third-order valence-corrected chi connectivity index (χ3v) is 2.16. The van der Waals surface area contributed by atoms with Gasteiger partial charge in [-0.1, -0.05) is 0 Å². The molecule has 0 saturated carbocycles. The molecule has 0 saturated heterocycles. The molecule has 12 heavy (non-hydrogen) atoms. The van der Waals surface area contributed by atoms with E-state index in [2.05, 4.69) is 27.0 Å². The van der Waals surface area contributed by atoms with Gasteiger partial charge < -0.3 is 0 Å². The van der Waals surface area contributed by atoms with Crippen molar-refractivity contribution in [2.24, 2.45) is 0 Å². The fourth-order valence-corrected chi connectivity index (χ4v) is 1.22. The monoisotopic (exact) mass is 224 g/mol. The minimum atomic E-state index is -0.439. The number of nitriles is 1. The molecule has 1 aromatic rings. The van der Waals surface area contributed by atoms with Gasteiger partial charge in [0, 0.05) is 6.20 Å². The number of hydrogen-bond acceptors (Lipinski definition) is 2. The topological polar surface area (TPSA) is 36.7 Å². The summed E-state index contributed by atoms with van der Waals surface area (Å²) >= 11 is 3.26. The average Bonchev–Trinajstić information content (AvgIpc) is 2.05. The minimum absolute atomic E-state index is 0.439. The SMILES string of the molecule is CC(C)(C#N)c1ccnc(Br)c1. The van der Waals surface area contributed by atoms with E-state index in [1.807, 2.05) is 26.0 Å². The summed E-state index contributed by atoms with van der Waals surface area (Å²) in [6, 6.07) is 5.96. The van der Waals surface area contributed by atoms with Crippen molar-refractivity contribution in [1.82, 2.24) is 4.98 Å². The number of aromatic nitrogens is 1. The molecule has 0 radical (unpaired) electrons. The quantitative estimate of drug-likeness (QED) is 0.689. The van der Waals surface area contributed by atoms with Gasteiger partial charge in [-0.05, 0) is 47.5 Å². The molecule has 2 nitrogen and oxygen atoms in total. The zero-order valence-electron chi connectivity index (χ0n) is 7.00. The van der Waals surface area contributed by atoms with E-state index in [0.29, 0.717) is 0 Å². The van der Waals surface area contributed by atoms with E-state index in [-0.39, 0.29) is 0 Å². The smallest absolute Gasteiger partial charge is 0.106 e. The van der Waals surface area contributed by atoms with Crippen molar-refractivity contribution in [2.75, 3.05) is 0 Å². The number of pyridine rings is 1. The Hall–Kier alpha value is -0.880. The molecular formula is C9H9BrN2. The number of halogens is 1. The normalized spacial score (nSPS) is 10.8. The molecule has 62 valence electrons. The molecule has 0 aromatic carbocycles. The zero-order chi connectivity index (χ0) is 9.19. The van der Waals surface area contributed by atoms with Crippen LogP contribution in [0.25, 0.3) is 0 Å². The molecule has 1 rings (SSSR count). The summed E-state index contributed by atoms with van der Waals surface area (Å²) in [6.07, 6.45) is 1.69. The van der Waals surface area contributed by atoms with Crippen LogP contribution < -0.4 is 0 Å². The average molecular weight is 225 g/mol. The van der Waals surface area contributed by atoms with Gasteiger partial charge in [0.25, 0.3) is 0 Å². The fraction of sp³-hybridized carbons (Fsp3) is 0.333. The Morgan fingerprint density at radius 1 is 1.58 bits per heavy atom. The first-order chi connectivity index (χ1) is 5.56. The maximum absolute atomic E-state index is 8.85. The molecule has 0 aliphatic heterocycles. The van der Waals surface area contributed by atoms with Gasteiger partial charge >= 0.3 is 0 Å². The van der Waals surface area contributed by atoms with E-state index in [1.54, 1.807) is 6.20 Å². The van der Waals surface area contributed by atoms with Crippen molar-refractivity contribution in [3.05, 3.63) is 28.5 Å². The lowest BCUT2D eigenvalue weighted by Gasteiger charge is -2.14. The molecule has 0 bridgehead atoms. The first kappa shape index (κ1) is 9.21. The highest BCUT2D eigenvalue weighted by Crippen LogP contribution is 2.23. The first-order valence-corrected chi connectivity index (χ1v) is 4.39. The summed E-state index contributed by atoms with van der Waals surface area (Å²) in [5.41, 5.74) is 0.540. The minimum Gasteiger partial charge on any atom is -0.249 e. The van der Waals surface area contributed by atoms with Crippen LogP contribution in [-0.2, 0) is 5.41 Å². The highest BCUT2D eigenvalue weighted by atomic mass is 79.9. The fourth-order valence-electron chi connectivity index (χ4n) is 0.856. The molecule has 1 heterocycles. The predicted molar refractivity (Wildman–Crippen MR) is 50.6 cm³/mol. The largest absolute Gasteiger partial charge is 0.249 e. The molecule has 1 aromatic heterocycles. The van der Waals surface area contributed by atoms with Gasteiger partial charge in [0.15, 0.2) is 0 Å². The second-order valence-electron chi connectivity index (χ2n) is 3.10. The van der Waals surface area contributed by atoms with Crippen molar-refractivity contribution >= 4 is 15.9 Å². The maximum atomic E-state index is 8.85. The van der Waals surface area contributed by atoms with Gasteiger partial charge in [-0.25, -0.2) is 4.98 Å². The van der Waals surface area contributed by atoms with Crippen LogP contribution in [0, 0.1) is 11.3 Å². The van der Waals surface area contributed by atoms with Crippen molar-refractivity contribution in [3.63, 3.8) is 0 Å². The lowest BCUT2D eigenvalue weighted by molar-refractivity contribution is 0.684. The Labute approximate surface area is 80.4 Å². The van der Waals surface area contributed by atoms with Gasteiger partial charge in [0.2, 0.25) is 0 Å². The van der Waals surface area contributed by atoms with E-state index in [0.717, 1.165) is 10.2 Å². The highest BCUT2D eigenvalue weighted by molar-refractivity contribution is 9.10. The summed E-state index contributed by atoms with van der Waals surface area (Å²) < 4.78 is 0.767. The lowest BCUT2D eigenvalue weighted by Crippen LogP contribution is -2.13. The molecule has 0 aliphatic carbocycles. The van der Waals surface area contributed by atoms with Gasteiger partial charge in [-0.15, -0.1) is 0 Å². The van der Waals surface area contributed by atoms with E-state index in [1.165, 1.54) is 0 Å². The summed E-state index contributed by atoms with van der Waals surface area (Å²) in [6.45, 7) is 3.77. The van der Waals surface area contributed by atoms with Gasteiger partial charge in [0.1, 0.15) is 4.60 Å². The molecule has 3 heteroatoms. The zero-order valence-corrected chi connectivity index (χ0v) is 8.59. The first-order valence-electron chi connectivity index (χ1n) is 3.59. The maximum Gasteiger partial charge on any atom is 0.106 e. The van der Waals surface area contributed by atoms with E-state index < -0.39 is 5.41 Å². The Bertz CT molecular complexity index is 326. The van der Waals surface area contributed by atoms with Gasteiger partial charge in [0.05, 0.1) is 11.5 Å². The van der Waals surface area contributed by atoms with Crippen LogP contribution in [0.5, 0.6) is 0 Å². The van der Waals surface area contributed by atoms with Crippen LogP contribution in [0.1, 0.15) is 19.4 Å². The summed E-state index contributed by atoms with van der Waals surface area (Å²) in [4.78, 5) is 3.99. The second kappa shape index (κ2) is 3.24. The predicted octanol–water partition coefficient (Wildman–Crippen LogP) is 2.65. The van der Waals surface area contributed by atoms with E-state index >= 15 is 0 Å². The number of rotatable bonds is 1. The summed E-state index contributed by atoms with van der Waals surface area (Å²) in [5, 5.41) is 8.85. The van der Waals surface area contributed by atoms with Gasteiger partial charge in [-0.3, -0.25) is 0 Å². The Morgan fingerprint density at radius 3 is 2.75 bits per heavy atom. The van der Waals surface area contributed by atoms with Crippen molar-refractivity contribution in [3.8, 4) is 6.07 Å². The summed E-state index contributed by atoms with van der Waals surface area (Å²) in [5.74, 6) is 0. The number of nitrogens with zero attached hydrogens (tertiary/aromatic N) is 2. The van der Waals surface area contributed by atoms with Crippen LogP contribution in [-0.4, -0.2) is 4.98 Å². The van der Waals surface area contributed by atoms with Crippen LogP contribution in [0.3, 0.4) is 0 Å². The van der Waals surface area contributed by atoms with E-state index in [4.69, 9.17) is 5.26 Å². The van der Waals surface area contributed by atoms with Crippen LogP contribution in [0.2, 0.25) is 0 Å². The third-order valence-electron chi connectivity index (χ3n) is 1.73. The molecule has 0 N–H and O–H groups in total. The van der Waals surface area contributed by atoms with Crippen molar-refractivity contribution in [1.29, 1.82) is 5.26 Å². The summed E-state index contributed by atoms with van der Waals surface area (Å²) in [7, 11) is 0. The molecule has 0 unspecified atom stereocenters. The lowest BCUT2D eigenvalue weighted by atomic mass is 9.87. The molecular weight excluding hydrogens is 216 g/mol. The van der Waals surface area contributed by atoms with E-state index in [9.17, 15) is 0 Å². The molecule has 0 aliphatic rings. The van der Waals surface area contributed by atoms with Crippen molar-refractivity contribution < 1.29 is 0 Å². The van der Waals surface area contributed by atoms with Crippen LogP contribution in [0.15, 0.2) is 22.9 Å². The standard InChI is InChI=1S/C9H9BrN2/c1-9(2,6-11)7-3-4-12-8(10)5-7/h3-5H,1-2H3. The third kappa shape index (κ3) is 1.83. The van der Waals surface area contributed by atoms with Crippen LogP contribution >= 0.6 is 15.9 Å².